The van der Waals surface area contributed by atoms with Gasteiger partial charge in [-0.05, 0) is 37.3 Å². The number of halogens is 1. The molecule has 132 valence electrons. The lowest BCUT2D eigenvalue weighted by atomic mass is 10.1. The van der Waals surface area contributed by atoms with E-state index >= 15 is 0 Å². The maximum Gasteiger partial charge on any atom is 0.296 e. The summed E-state index contributed by atoms with van der Waals surface area (Å²) in [7, 11) is 0. The minimum Gasteiger partial charge on any atom is -0.455 e. The number of nitrogens with zero attached hydrogens (tertiary/aromatic N) is 4. The third-order valence-corrected chi connectivity index (χ3v) is 3.95. The fourth-order valence-electron chi connectivity index (χ4n) is 2.08. The summed E-state index contributed by atoms with van der Waals surface area (Å²) in [6, 6.07) is 7.31. The predicted octanol–water partition coefficient (Wildman–Crippen LogP) is 3.31. The van der Waals surface area contributed by atoms with Crippen LogP contribution in [0.2, 0.25) is 5.02 Å². The number of nitrogens with one attached hydrogen (secondary N) is 1. The lowest BCUT2D eigenvalue weighted by Gasteiger charge is -2.00. The topological polar surface area (TPSA) is 119 Å². The molecule has 0 fully saturated rings. The van der Waals surface area contributed by atoms with Gasteiger partial charge in [-0.25, -0.2) is 0 Å². The van der Waals surface area contributed by atoms with Crippen LogP contribution in [0.15, 0.2) is 44.6 Å². The summed E-state index contributed by atoms with van der Waals surface area (Å²) in [6.07, 6.45) is 1.31. The van der Waals surface area contributed by atoms with Crippen LogP contribution in [0.25, 0.3) is 11.3 Å². The molecule has 26 heavy (non-hydrogen) atoms. The van der Waals surface area contributed by atoms with E-state index in [2.05, 4.69) is 15.3 Å². The molecule has 3 rings (SSSR count). The fraction of sp³-hybridized carbons (Fsp3) is 0.0667. The Balaban J connectivity index is 1.92. The summed E-state index contributed by atoms with van der Waals surface area (Å²) < 4.78 is 6.63. The van der Waals surface area contributed by atoms with Crippen LogP contribution in [-0.4, -0.2) is 26.0 Å². The zero-order valence-electron chi connectivity index (χ0n) is 13.2. The first-order chi connectivity index (χ1) is 12.4. The number of furan rings is 1. The highest BCUT2D eigenvalue weighted by Crippen LogP contribution is 2.31. The van der Waals surface area contributed by atoms with E-state index in [4.69, 9.17) is 28.2 Å². The van der Waals surface area contributed by atoms with Crippen molar-refractivity contribution in [2.75, 3.05) is 0 Å². The monoisotopic (exact) mass is 391 g/mol. The molecule has 0 bridgehead atoms. The molecule has 2 heterocycles. The number of H-pyrrole nitrogens is 1. The third kappa shape index (κ3) is 3.46. The SMILES string of the molecule is Cc1n[nH]c(=S)n(/N=C\c2ccc(-c3ccc([N+](=O)[O-])cc3Cl)o2)c1=O. The van der Waals surface area contributed by atoms with Crippen LogP contribution in [0.4, 0.5) is 5.69 Å². The van der Waals surface area contributed by atoms with Gasteiger partial charge in [0, 0.05) is 17.7 Å². The standard InChI is InChI=1S/C15H10ClN5O4S/c1-8-14(22)20(15(26)19-18-8)17-7-10-3-5-13(25-10)11-4-2-9(21(23)24)6-12(11)16/h2-7H,1H3,(H,19,26)/b17-7-. The van der Waals surface area contributed by atoms with Crippen molar-refractivity contribution in [2.45, 2.75) is 6.92 Å². The largest absolute Gasteiger partial charge is 0.455 e. The molecule has 3 aromatic rings. The number of aromatic nitrogens is 3. The summed E-state index contributed by atoms with van der Waals surface area (Å²) in [5.41, 5.74) is 0.142. The molecule has 0 aliphatic heterocycles. The lowest BCUT2D eigenvalue weighted by molar-refractivity contribution is -0.384. The maximum atomic E-state index is 12.0. The Kier molecular flexibility index (Phi) is 4.78. The first kappa shape index (κ1) is 17.7. The number of rotatable bonds is 4. The van der Waals surface area contributed by atoms with Gasteiger partial charge in [-0.15, -0.1) is 0 Å². The van der Waals surface area contributed by atoms with Crippen molar-refractivity contribution in [3.8, 4) is 11.3 Å². The molecule has 0 saturated carbocycles. The normalized spacial score (nSPS) is 11.2. The van der Waals surface area contributed by atoms with E-state index in [1.54, 1.807) is 12.1 Å². The number of nitro groups is 1. The smallest absolute Gasteiger partial charge is 0.296 e. The van der Waals surface area contributed by atoms with Gasteiger partial charge < -0.3 is 4.42 Å². The maximum absolute atomic E-state index is 12.0. The van der Waals surface area contributed by atoms with E-state index < -0.39 is 10.5 Å². The van der Waals surface area contributed by atoms with Crippen molar-refractivity contribution >= 4 is 35.7 Å². The Morgan fingerprint density at radius 2 is 2.19 bits per heavy atom. The Morgan fingerprint density at radius 3 is 2.88 bits per heavy atom. The van der Waals surface area contributed by atoms with E-state index in [1.807, 2.05) is 0 Å². The number of hydrogen-bond donors (Lipinski definition) is 1. The average Bonchev–Trinajstić information content (AvgIpc) is 3.06. The first-order valence-corrected chi connectivity index (χ1v) is 7.92. The van der Waals surface area contributed by atoms with Crippen LogP contribution >= 0.6 is 23.8 Å². The van der Waals surface area contributed by atoms with Gasteiger partial charge >= 0.3 is 0 Å². The fourth-order valence-corrected chi connectivity index (χ4v) is 2.52. The van der Waals surface area contributed by atoms with Crippen LogP contribution < -0.4 is 5.56 Å². The quantitative estimate of drug-likeness (QED) is 0.315. The number of aromatic amines is 1. The molecule has 0 amide bonds. The lowest BCUT2D eigenvalue weighted by Crippen LogP contribution is -2.22. The Labute approximate surface area is 155 Å². The van der Waals surface area contributed by atoms with Crippen molar-refractivity contribution in [1.29, 1.82) is 0 Å². The van der Waals surface area contributed by atoms with E-state index in [-0.39, 0.29) is 21.2 Å². The molecule has 0 unspecified atom stereocenters. The molecule has 11 heteroatoms. The Bertz CT molecular complexity index is 1150. The van der Waals surface area contributed by atoms with Crippen LogP contribution in [0, 0.1) is 21.8 Å². The Hall–Kier alpha value is -3.11. The van der Waals surface area contributed by atoms with Crippen LogP contribution in [0.1, 0.15) is 11.5 Å². The summed E-state index contributed by atoms with van der Waals surface area (Å²) in [5.74, 6) is 0.736. The zero-order chi connectivity index (χ0) is 18.8. The van der Waals surface area contributed by atoms with Gasteiger partial charge in [-0.3, -0.25) is 20.0 Å². The molecule has 0 saturated heterocycles. The van der Waals surface area contributed by atoms with Gasteiger partial charge in [0.1, 0.15) is 17.2 Å². The van der Waals surface area contributed by atoms with Crippen molar-refractivity contribution < 1.29 is 9.34 Å². The van der Waals surface area contributed by atoms with E-state index in [0.29, 0.717) is 17.1 Å². The molecule has 1 aromatic carbocycles. The molecule has 9 nitrogen and oxygen atoms in total. The van der Waals surface area contributed by atoms with Crippen LogP contribution in [0.3, 0.4) is 0 Å². The first-order valence-electron chi connectivity index (χ1n) is 7.13. The molecule has 0 aliphatic carbocycles. The predicted molar refractivity (Wildman–Crippen MR) is 97.2 cm³/mol. The summed E-state index contributed by atoms with van der Waals surface area (Å²) >= 11 is 11.1. The molecular formula is C15H10ClN5O4S. The minimum atomic E-state index is -0.534. The average molecular weight is 392 g/mol. The molecule has 0 aliphatic rings. The number of nitro benzene ring substituents is 1. The van der Waals surface area contributed by atoms with Crippen molar-refractivity contribution in [2.24, 2.45) is 5.10 Å². The molecule has 0 atom stereocenters. The second-order valence-electron chi connectivity index (χ2n) is 5.10. The van der Waals surface area contributed by atoms with Crippen molar-refractivity contribution in [3.05, 3.63) is 72.0 Å². The number of benzene rings is 1. The third-order valence-electron chi connectivity index (χ3n) is 3.37. The highest BCUT2D eigenvalue weighted by atomic mass is 35.5. The van der Waals surface area contributed by atoms with Gasteiger partial charge in [0.25, 0.3) is 11.2 Å². The molecular weight excluding hydrogens is 382 g/mol. The summed E-state index contributed by atoms with van der Waals surface area (Å²) in [4.78, 5) is 22.2. The zero-order valence-corrected chi connectivity index (χ0v) is 14.7. The van der Waals surface area contributed by atoms with Crippen LogP contribution in [-0.2, 0) is 0 Å². The van der Waals surface area contributed by atoms with Crippen LogP contribution in [0.5, 0.6) is 0 Å². The molecule has 0 radical (unpaired) electrons. The molecule has 1 N–H and O–H groups in total. The van der Waals surface area contributed by atoms with Gasteiger partial charge in [0.15, 0.2) is 0 Å². The minimum absolute atomic E-state index is 0.0436. The highest BCUT2D eigenvalue weighted by Gasteiger charge is 2.13. The van der Waals surface area contributed by atoms with Crippen molar-refractivity contribution in [1.82, 2.24) is 14.9 Å². The summed E-state index contributed by atoms with van der Waals surface area (Å²) in [5, 5.41) is 21.2. The summed E-state index contributed by atoms with van der Waals surface area (Å²) in [6.45, 7) is 1.53. The number of non-ortho nitro benzene ring substituents is 1. The highest BCUT2D eigenvalue weighted by molar-refractivity contribution is 7.71. The molecule has 0 spiro atoms. The van der Waals surface area contributed by atoms with Gasteiger partial charge in [0.2, 0.25) is 4.77 Å². The second kappa shape index (κ2) is 7.02. The van der Waals surface area contributed by atoms with Gasteiger partial charge in [0.05, 0.1) is 16.2 Å². The Morgan fingerprint density at radius 1 is 1.42 bits per heavy atom. The second-order valence-corrected chi connectivity index (χ2v) is 5.89. The van der Waals surface area contributed by atoms with E-state index in [0.717, 1.165) is 4.68 Å². The van der Waals surface area contributed by atoms with Gasteiger partial charge in [-0.1, -0.05) is 11.6 Å². The number of hydrogen-bond acceptors (Lipinski definition) is 7. The van der Waals surface area contributed by atoms with E-state index in [9.17, 15) is 14.9 Å². The number of aryl methyl sites for hydroxylation is 1. The van der Waals surface area contributed by atoms with E-state index in [1.165, 1.54) is 31.3 Å². The van der Waals surface area contributed by atoms with Crippen molar-refractivity contribution in [3.63, 3.8) is 0 Å². The van der Waals surface area contributed by atoms with Gasteiger partial charge in [-0.2, -0.15) is 14.9 Å². The molecule has 2 aromatic heterocycles.